The fourth-order valence-electron chi connectivity index (χ4n) is 2.21. The van der Waals surface area contributed by atoms with Crippen LogP contribution >= 0.6 is 0 Å². The second kappa shape index (κ2) is 6.03. The number of benzene rings is 1. The monoisotopic (exact) mass is 270 g/mol. The minimum Gasteiger partial charge on any atom is -0.395 e. The highest BCUT2D eigenvalue weighted by atomic mass is 19.1. The minimum atomic E-state index is -0.691. The topological polar surface area (TPSA) is 62.9 Å². The van der Waals surface area contributed by atoms with Gasteiger partial charge in [-0.25, -0.2) is 14.3 Å². The number of hydrogen-bond acceptors (Lipinski definition) is 5. The van der Waals surface area contributed by atoms with Gasteiger partial charge in [-0.3, -0.25) is 4.90 Å². The molecule has 0 unspecified atom stereocenters. The van der Waals surface area contributed by atoms with Crippen molar-refractivity contribution >= 4 is 11.4 Å². The lowest BCUT2D eigenvalue weighted by Gasteiger charge is -2.35. The summed E-state index contributed by atoms with van der Waals surface area (Å²) in [4.78, 5) is 3.83. The molecular weight excluding hydrogens is 254 g/mol. The van der Waals surface area contributed by atoms with Crippen LogP contribution in [0.25, 0.3) is 0 Å². The zero-order valence-corrected chi connectivity index (χ0v) is 10.4. The molecule has 1 aliphatic heterocycles. The molecule has 1 aliphatic rings. The lowest BCUT2D eigenvalue weighted by molar-refractivity contribution is 0.188. The number of anilines is 1. The van der Waals surface area contributed by atoms with Gasteiger partial charge in [-0.1, -0.05) is 0 Å². The predicted octanol–water partition coefficient (Wildman–Crippen LogP) is 1.74. The van der Waals surface area contributed by atoms with Crippen LogP contribution in [-0.4, -0.2) is 49.3 Å². The first-order valence-corrected chi connectivity index (χ1v) is 6.10. The van der Waals surface area contributed by atoms with Crippen LogP contribution in [0.5, 0.6) is 0 Å². The molecule has 0 aliphatic carbocycles. The van der Waals surface area contributed by atoms with Gasteiger partial charge in [0.1, 0.15) is 11.5 Å². The predicted molar refractivity (Wildman–Crippen MR) is 66.9 cm³/mol. The molecule has 104 valence electrons. The van der Waals surface area contributed by atoms with E-state index < -0.39 is 11.6 Å². The van der Waals surface area contributed by atoms with Crippen LogP contribution in [0.4, 0.5) is 20.2 Å². The Balaban J connectivity index is 2.11. The second-order valence-electron chi connectivity index (χ2n) is 4.42. The molecule has 19 heavy (non-hydrogen) atoms. The number of nitrogens with one attached hydrogen (secondary N) is 1. The van der Waals surface area contributed by atoms with E-state index in [0.717, 1.165) is 12.1 Å². The number of halogens is 2. The Kier molecular flexibility index (Phi) is 4.39. The summed E-state index contributed by atoms with van der Waals surface area (Å²) in [6.07, 6.45) is 0. The maximum absolute atomic E-state index is 13.8. The molecule has 0 spiro atoms. The third-order valence-electron chi connectivity index (χ3n) is 3.27. The van der Waals surface area contributed by atoms with E-state index in [1.165, 1.54) is 0 Å². The molecule has 7 heteroatoms. The van der Waals surface area contributed by atoms with Crippen LogP contribution in [0.1, 0.15) is 0 Å². The van der Waals surface area contributed by atoms with Crippen LogP contribution in [0.15, 0.2) is 17.2 Å². The van der Waals surface area contributed by atoms with Crippen LogP contribution in [0.3, 0.4) is 0 Å². The van der Waals surface area contributed by atoms with Gasteiger partial charge in [0.15, 0.2) is 5.82 Å². The van der Waals surface area contributed by atoms with Crippen LogP contribution in [0.2, 0.25) is 0 Å². The first kappa shape index (κ1) is 13.8. The highest BCUT2D eigenvalue weighted by molar-refractivity contribution is 5.55. The maximum atomic E-state index is 13.8. The molecule has 2 rings (SSSR count). The molecule has 1 fully saturated rings. The molecule has 5 nitrogen and oxygen atoms in total. The molecule has 1 heterocycles. The molecule has 0 aromatic heterocycles. The Labute approximate surface area is 109 Å². The van der Waals surface area contributed by atoms with Crippen LogP contribution < -0.4 is 4.90 Å². The Morgan fingerprint density at radius 2 is 1.84 bits per heavy atom. The van der Waals surface area contributed by atoms with E-state index in [1.807, 2.05) is 0 Å². The van der Waals surface area contributed by atoms with Gasteiger partial charge in [-0.2, -0.15) is 5.11 Å². The van der Waals surface area contributed by atoms with Crippen molar-refractivity contribution in [2.24, 2.45) is 5.11 Å². The average Bonchev–Trinajstić information content (AvgIpc) is 2.42. The first-order chi connectivity index (χ1) is 9.15. The maximum Gasteiger partial charge on any atom is 0.152 e. The fourth-order valence-corrected chi connectivity index (χ4v) is 2.21. The molecule has 0 amide bonds. The van der Waals surface area contributed by atoms with E-state index >= 15 is 0 Å². The Morgan fingerprint density at radius 3 is 2.42 bits per heavy atom. The summed E-state index contributed by atoms with van der Waals surface area (Å²) in [6.45, 7) is 3.25. The minimum absolute atomic E-state index is 0.0999. The molecule has 1 saturated heterocycles. The lowest BCUT2D eigenvalue weighted by atomic mass is 10.2. The van der Waals surface area contributed by atoms with E-state index in [1.54, 1.807) is 4.90 Å². The van der Waals surface area contributed by atoms with Crippen molar-refractivity contribution < 1.29 is 13.9 Å². The van der Waals surface area contributed by atoms with Crippen molar-refractivity contribution in [2.75, 3.05) is 44.2 Å². The molecule has 1 aromatic carbocycles. The molecular formula is C12H16F2N4O. The van der Waals surface area contributed by atoms with Crippen molar-refractivity contribution in [1.29, 1.82) is 5.53 Å². The molecule has 1 aromatic rings. The fraction of sp³-hybridized carbons (Fsp3) is 0.500. The van der Waals surface area contributed by atoms with Gasteiger partial charge in [0.25, 0.3) is 0 Å². The zero-order chi connectivity index (χ0) is 13.8. The van der Waals surface area contributed by atoms with Gasteiger partial charge in [0.05, 0.1) is 12.3 Å². The Bertz CT molecular complexity index is 461. The van der Waals surface area contributed by atoms with Crippen LogP contribution in [0, 0.1) is 17.2 Å². The number of nitrogens with zero attached hydrogens (tertiary/aromatic N) is 3. The third-order valence-corrected chi connectivity index (χ3v) is 3.27. The van der Waals surface area contributed by atoms with Crippen LogP contribution in [-0.2, 0) is 0 Å². The van der Waals surface area contributed by atoms with E-state index in [4.69, 9.17) is 10.6 Å². The summed E-state index contributed by atoms with van der Waals surface area (Å²) < 4.78 is 27.4. The smallest absolute Gasteiger partial charge is 0.152 e. The number of piperazine rings is 1. The second-order valence-corrected chi connectivity index (χ2v) is 4.42. The normalized spacial score (nSPS) is 16.7. The van der Waals surface area contributed by atoms with Gasteiger partial charge in [0.2, 0.25) is 0 Å². The summed E-state index contributed by atoms with van der Waals surface area (Å²) in [5.74, 6) is -1.26. The highest BCUT2D eigenvalue weighted by Crippen LogP contribution is 2.28. The third kappa shape index (κ3) is 3.05. The molecule has 0 radical (unpaired) electrons. The van der Waals surface area contributed by atoms with Crippen molar-refractivity contribution in [2.45, 2.75) is 0 Å². The summed E-state index contributed by atoms with van der Waals surface area (Å²) in [5.41, 5.74) is 6.65. The van der Waals surface area contributed by atoms with Crippen molar-refractivity contribution in [3.8, 4) is 0 Å². The standard InChI is InChI=1S/C12H16F2N4O/c13-9-8-12(10(14)7-11(9)16-15)18-3-1-17(2-4-18)5-6-19/h7-8,15,19H,1-6H2. The largest absolute Gasteiger partial charge is 0.395 e. The summed E-state index contributed by atoms with van der Waals surface area (Å²) in [6, 6.07) is 2.03. The van der Waals surface area contributed by atoms with Gasteiger partial charge >= 0.3 is 0 Å². The van der Waals surface area contributed by atoms with Crippen molar-refractivity contribution in [1.82, 2.24) is 4.90 Å². The van der Waals surface area contributed by atoms with Crippen molar-refractivity contribution in [3.63, 3.8) is 0 Å². The SMILES string of the molecule is N=Nc1cc(F)c(N2CCN(CCO)CC2)cc1F. The van der Waals surface area contributed by atoms with E-state index in [0.29, 0.717) is 32.7 Å². The average molecular weight is 270 g/mol. The number of β-amino-alcohol motifs (C(OH)–C–C–N with tert-alkyl or cyclic N) is 1. The van der Waals surface area contributed by atoms with Crippen molar-refractivity contribution in [3.05, 3.63) is 23.8 Å². The van der Waals surface area contributed by atoms with E-state index in [-0.39, 0.29) is 18.0 Å². The molecule has 2 N–H and O–H groups in total. The molecule has 0 bridgehead atoms. The number of aliphatic hydroxyl groups excluding tert-OH is 1. The molecule has 0 saturated carbocycles. The first-order valence-electron chi connectivity index (χ1n) is 6.10. The Hall–Kier alpha value is -1.60. The summed E-state index contributed by atoms with van der Waals surface area (Å²) in [5, 5.41) is 11.8. The number of aliphatic hydroxyl groups is 1. The van der Waals surface area contributed by atoms with E-state index in [2.05, 4.69) is 10.0 Å². The number of hydrogen-bond donors (Lipinski definition) is 2. The zero-order valence-electron chi connectivity index (χ0n) is 10.4. The molecule has 0 atom stereocenters. The van der Waals surface area contributed by atoms with Gasteiger partial charge in [-0.05, 0) is 0 Å². The summed E-state index contributed by atoms with van der Waals surface area (Å²) >= 11 is 0. The quantitative estimate of drug-likeness (QED) is 0.819. The summed E-state index contributed by atoms with van der Waals surface area (Å²) in [7, 11) is 0. The van der Waals surface area contributed by atoms with E-state index in [9.17, 15) is 8.78 Å². The highest BCUT2D eigenvalue weighted by Gasteiger charge is 2.20. The Morgan fingerprint density at radius 1 is 1.16 bits per heavy atom. The number of rotatable bonds is 4. The van der Waals surface area contributed by atoms with Gasteiger partial charge < -0.3 is 10.0 Å². The lowest BCUT2D eigenvalue weighted by Crippen LogP contribution is -2.47. The van der Waals surface area contributed by atoms with Gasteiger partial charge in [-0.15, -0.1) is 0 Å². The van der Waals surface area contributed by atoms with Gasteiger partial charge in [0, 0.05) is 44.9 Å².